The lowest BCUT2D eigenvalue weighted by Crippen LogP contribution is -2.49. The van der Waals surface area contributed by atoms with Crippen molar-refractivity contribution in [1.82, 2.24) is 10.6 Å². The van der Waals surface area contributed by atoms with E-state index in [4.69, 9.17) is 18.4 Å². The van der Waals surface area contributed by atoms with Gasteiger partial charge in [-0.1, -0.05) is 23.8 Å². The third-order valence-corrected chi connectivity index (χ3v) is 7.18. The van der Waals surface area contributed by atoms with Crippen LogP contribution in [0.1, 0.15) is 49.4 Å². The molecule has 13 nitrogen and oxygen atoms in total. The quantitative estimate of drug-likeness (QED) is 0.191. The molecule has 232 valence electrons. The second kappa shape index (κ2) is 15.0. The molecule has 2 atom stereocenters. The van der Waals surface area contributed by atoms with Crippen molar-refractivity contribution < 1.29 is 51.4 Å². The molecule has 0 bridgehead atoms. The highest BCUT2D eigenvalue weighted by Crippen LogP contribution is 2.26. The van der Waals surface area contributed by atoms with Gasteiger partial charge in [0.1, 0.15) is 17.4 Å². The maximum Gasteiger partial charge on any atom is 0.408 e. The topological polar surface area (TPSA) is 187 Å². The Morgan fingerprint density at radius 3 is 2.17 bits per heavy atom. The van der Waals surface area contributed by atoms with E-state index < -0.39 is 58.9 Å². The summed E-state index contributed by atoms with van der Waals surface area (Å²) < 4.78 is 46.9. The fourth-order valence-electron chi connectivity index (χ4n) is 3.79. The third-order valence-electron chi connectivity index (χ3n) is 5.84. The van der Waals surface area contributed by atoms with E-state index in [1.165, 1.54) is 31.4 Å². The number of aliphatic hydroxyl groups excluding tert-OH is 2. The van der Waals surface area contributed by atoms with Gasteiger partial charge in [-0.15, -0.1) is 0 Å². The molecule has 0 spiro atoms. The number of benzene rings is 2. The number of alkyl carbamates (subject to hydrolysis) is 1. The van der Waals surface area contributed by atoms with Gasteiger partial charge in [0.25, 0.3) is 16.0 Å². The highest BCUT2D eigenvalue weighted by Gasteiger charge is 2.35. The Balaban J connectivity index is 2.42. The summed E-state index contributed by atoms with van der Waals surface area (Å²) in [7, 11) is -2.10. The van der Waals surface area contributed by atoms with Crippen LogP contribution in [0.15, 0.2) is 41.3 Å². The number of carbonyl (C=O) groups is 3. The normalized spacial score (nSPS) is 13.0. The molecule has 0 saturated carbocycles. The molecule has 14 heteroatoms. The van der Waals surface area contributed by atoms with Crippen LogP contribution in [0.5, 0.6) is 5.75 Å². The minimum atomic E-state index is -4.52. The van der Waals surface area contributed by atoms with Crippen molar-refractivity contribution >= 4 is 28.1 Å². The van der Waals surface area contributed by atoms with Crippen LogP contribution < -0.4 is 15.4 Å². The number of hydrogen-bond donors (Lipinski definition) is 4. The van der Waals surface area contributed by atoms with Crippen LogP contribution in [0.4, 0.5) is 4.79 Å². The number of nitrogens with one attached hydrogen (secondary N) is 2. The Bertz CT molecular complexity index is 1330. The zero-order valence-electron chi connectivity index (χ0n) is 24.4. The summed E-state index contributed by atoms with van der Waals surface area (Å²) in [6.07, 6.45) is -3.47. The number of methoxy groups -OCH3 is 2. The average Bonchev–Trinajstić information content (AvgIpc) is 2.93. The fraction of sp³-hybridized carbons (Fsp3) is 0.464. The van der Waals surface area contributed by atoms with Crippen molar-refractivity contribution in [2.75, 3.05) is 14.2 Å². The predicted octanol–water partition coefficient (Wildman–Crippen LogP) is 1.83. The second-order valence-electron chi connectivity index (χ2n) is 10.3. The van der Waals surface area contributed by atoms with E-state index in [0.29, 0.717) is 16.7 Å². The standard InChI is InChI=1S/C28H38N2O11S/c1-17-7-9-20(10-8-17)42(36,37)41-24(13-22(26(34)39-6)30-27(35)40-28(2,3)4)25(33)29-14-21-19(16-32)11-18(15-31)12-23(21)38-5/h7-12,22,24,31-32H,13-16H2,1-6H3,(H,29,33)(H,30,35)/t22-,24+/m1/s1. The first-order chi connectivity index (χ1) is 19.6. The minimum Gasteiger partial charge on any atom is -0.496 e. The minimum absolute atomic E-state index is 0.232. The van der Waals surface area contributed by atoms with Crippen LogP contribution in [-0.2, 0) is 53.1 Å². The van der Waals surface area contributed by atoms with Gasteiger partial charge in [-0.05, 0) is 57.0 Å². The summed E-state index contributed by atoms with van der Waals surface area (Å²) in [5, 5.41) is 24.2. The van der Waals surface area contributed by atoms with Gasteiger partial charge in [0.05, 0.1) is 32.3 Å². The highest BCUT2D eigenvalue weighted by atomic mass is 32.2. The first-order valence-electron chi connectivity index (χ1n) is 12.9. The summed E-state index contributed by atoms with van der Waals surface area (Å²) >= 11 is 0. The molecule has 2 amide bonds. The molecule has 0 aliphatic carbocycles. The summed E-state index contributed by atoms with van der Waals surface area (Å²) in [4.78, 5) is 38.2. The SMILES string of the molecule is COC(=O)[C@@H](C[C@H](OS(=O)(=O)c1ccc(C)cc1)C(=O)NCc1c(CO)cc(CO)cc1OC)NC(=O)OC(C)(C)C. The molecule has 0 aliphatic rings. The van der Waals surface area contributed by atoms with Crippen LogP contribution in [0.2, 0.25) is 0 Å². The fourth-order valence-corrected chi connectivity index (χ4v) is 4.85. The Morgan fingerprint density at radius 1 is 1.00 bits per heavy atom. The lowest BCUT2D eigenvalue weighted by molar-refractivity contribution is -0.144. The molecule has 42 heavy (non-hydrogen) atoms. The molecule has 0 aromatic heterocycles. The largest absolute Gasteiger partial charge is 0.496 e. The second-order valence-corrected chi connectivity index (χ2v) is 11.9. The van der Waals surface area contributed by atoms with Gasteiger partial charge in [0, 0.05) is 18.5 Å². The van der Waals surface area contributed by atoms with Crippen molar-refractivity contribution in [1.29, 1.82) is 0 Å². The lowest BCUT2D eigenvalue weighted by Gasteiger charge is -2.25. The number of rotatable bonds is 13. The van der Waals surface area contributed by atoms with Gasteiger partial charge in [-0.3, -0.25) is 8.98 Å². The summed E-state index contributed by atoms with van der Waals surface area (Å²) in [6.45, 7) is 5.58. The molecule has 2 rings (SSSR count). The van der Waals surface area contributed by atoms with E-state index in [9.17, 15) is 33.0 Å². The molecule has 0 aliphatic heterocycles. The lowest BCUT2D eigenvalue weighted by atomic mass is 10.0. The van der Waals surface area contributed by atoms with Crippen molar-refractivity contribution in [2.24, 2.45) is 0 Å². The molecular formula is C28H38N2O11S. The van der Waals surface area contributed by atoms with E-state index in [0.717, 1.165) is 12.7 Å². The number of aryl methyl sites for hydroxylation is 1. The predicted molar refractivity (Wildman–Crippen MR) is 150 cm³/mol. The molecule has 0 heterocycles. The molecule has 0 fully saturated rings. The monoisotopic (exact) mass is 610 g/mol. The van der Waals surface area contributed by atoms with E-state index in [1.54, 1.807) is 39.8 Å². The highest BCUT2D eigenvalue weighted by molar-refractivity contribution is 7.86. The molecule has 2 aromatic carbocycles. The van der Waals surface area contributed by atoms with E-state index in [1.807, 2.05) is 0 Å². The molecule has 2 aromatic rings. The van der Waals surface area contributed by atoms with Crippen LogP contribution in [0, 0.1) is 6.92 Å². The Kier molecular flexibility index (Phi) is 12.3. The van der Waals surface area contributed by atoms with Gasteiger partial charge in [0.2, 0.25) is 0 Å². The molecule has 4 N–H and O–H groups in total. The Labute approximate surface area is 245 Å². The first kappa shape index (κ1) is 34.5. The Hall–Kier alpha value is -3.72. The molecule has 0 radical (unpaired) electrons. The van der Waals surface area contributed by atoms with Crippen molar-refractivity contribution in [2.45, 2.75) is 76.5 Å². The summed E-state index contributed by atoms with van der Waals surface area (Å²) in [5.41, 5.74) is 1.05. The van der Waals surface area contributed by atoms with Gasteiger partial charge in [-0.2, -0.15) is 8.42 Å². The number of esters is 1. The van der Waals surface area contributed by atoms with Crippen molar-refractivity contribution in [3.8, 4) is 5.75 Å². The van der Waals surface area contributed by atoms with Crippen molar-refractivity contribution in [3.63, 3.8) is 0 Å². The summed E-state index contributed by atoms with van der Waals surface area (Å²) in [5.74, 6) is -1.67. The number of amides is 2. The van der Waals surface area contributed by atoms with E-state index in [2.05, 4.69) is 10.6 Å². The maximum atomic E-state index is 13.4. The van der Waals surface area contributed by atoms with E-state index >= 15 is 0 Å². The van der Waals surface area contributed by atoms with Crippen LogP contribution in [0.25, 0.3) is 0 Å². The molecule has 0 unspecified atom stereocenters. The van der Waals surface area contributed by atoms with Gasteiger partial charge >= 0.3 is 12.1 Å². The van der Waals surface area contributed by atoms with Gasteiger partial charge < -0.3 is 35.1 Å². The van der Waals surface area contributed by atoms with Crippen LogP contribution in [-0.4, -0.2) is 68.6 Å². The van der Waals surface area contributed by atoms with Gasteiger partial charge in [0.15, 0.2) is 6.10 Å². The molecular weight excluding hydrogens is 572 g/mol. The molecule has 0 saturated heterocycles. The smallest absolute Gasteiger partial charge is 0.408 e. The maximum absolute atomic E-state index is 13.4. The number of hydrogen-bond acceptors (Lipinski definition) is 11. The zero-order chi connectivity index (χ0) is 31.7. The number of aliphatic hydroxyl groups is 2. The van der Waals surface area contributed by atoms with Crippen molar-refractivity contribution in [3.05, 3.63) is 58.7 Å². The van der Waals surface area contributed by atoms with Crippen LogP contribution >= 0.6 is 0 Å². The van der Waals surface area contributed by atoms with Crippen LogP contribution in [0.3, 0.4) is 0 Å². The first-order valence-corrected chi connectivity index (χ1v) is 14.3. The zero-order valence-corrected chi connectivity index (χ0v) is 25.2. The van der Waals surface area contributed by atoms with Gasteiger partial charge in [-0.25, -0.2) is 9.59 Å². The number of ether oxygens (including phenoxy) is 3. The van der Waals surface area contributed by atoms with E-state index in [-0.39, 0.29) is 23.8 Å². The summed E-state index contributed by atoms with van der Waals surface area (Å²) in [6, 6.07) is 7.22. The third kappa shape index (κ3) is 9.98. The average molecular weight is 611 g/mol. The number of carbonyl (C=O) groups excluding carboxylic acids is 3. The Morgan fingerprint density at radius 2 is 1.64 bits per heavy atom.